The summed E-state index contributed by atoms with van der Waals surface area (Å²) in [6, 6.07) is 9.28. The number of ether oxygens (including phenoxy) is 2. The minimum atomic E-state index is -0.253. The van der Waals surface area contributed by atoms with Crippen molar-refractivity contribution in [3.05, 3.63) is 47.7 Å². The van der Waals surface area contributed by atoms with Crippen molar-refractivity contribution in [2.24, 2.45) is 0 Å². The number of pyridine rings is 1. The predicted molar refractivity (Wildman–Crippen MR) is 80.7 cm³/mol. The van der Waals surface area contributed by atoms with Crippen molar-refractivity contribution in [1.82, 2.24) is 4.98 Å². The van der Waals surface area contributed by atoms with Crippen LogP contribution in [0, 0.1) is 13.8 Å². The van der Waals surface area contributed by atoms with E-state index >= 15 is 0 Å². The first-order chi connectivity index (χ1) is 10.1. The number of hydrogen-bond donors (Lipinski definition) is 1. The normalized spacial score (nSPS) is 10.2. The lowest BCUT2D eigenvalue weighted by Gasteiger charge is -2.13. The van der Waals surface area contributed by atoms with Crippen LogP contribution in [0.5, 0.6) is 11.6 Å². The molecule has 110 valence electrons. The number of hydrogen-bond acceptors (Lipinski definition) is 4. The van der Waals surface area contributed by atoms with E-state index in [1.807, 2.05) is 32.0 Å². The summed E-state index contributed by atoms with van der Waals surface area (Å²) in [5.41, 5.74) is 2.69. The van der Waals surface area contributed by atoms with E-state index in [-0.39, 0.29) is 12.5 Å². The monoisotopic (exact) mass is 286 g/mol. The van der Waals surface area contributed by atoms with Crippen molar-refractivity contribution < 1.29 is 14.3 Å². The molecule has 1 heterocycles. The minimum Gasteiger partial charge on any atom is -0.437 e. The summed E-state index contributed by atoms with van der Waals surface area (Å²) in [7, 11) is 1.47. The number of benzene rings is 1. The molecular weight excluding hydrogens is 268 g/mol. The fourth-order valence-corrected chi connectivity index (χ4v) is 1.82. The highest BCUT2D eigenvalue weighted by molar-refractivity contribution is 5.92. The first-order valence-electron chi connectivity index (χ1n) is 6.59. The van der Waals surface area contributed by atoms with Crippen LogP contribution in [0.1, 0.15) is 11.1 Å². The standard InChI is InChI=1S/C16H18N2O3/c1-11-6-4-8-14(12(11)2)21-16-13(7-5-9-17-16)18-15(19)10-20-3/h4-9H,10H2,1-3H3,(H,18,19). The quantitative estimate of drug-likeness (QED) is 0.917. The molecule has 0 bridgehead atoms. The number of carbonyl (C=O) groups excluding carboxylic acids is 1. The molecule has 0 aliphatic heterocycles. The number of anilines is 1. The van der Waals surface area contributed by atoms with Crippen LogP contribution >= 0.6 is 0 Å². The van der Waals surface area contributed by atoms with Gasteiger partial charge in [0.15, 0.2) is 0 Å². The van der Waals surface area contributed by atoms with Crippen molar-refractivity contribution in [3.8, 4) is 11.6 Å². The van der Waals surface area contributed by atoms with Gasteiger partial charge in [-0.25, -0.2) is 4.98 Å². The third kappa shape index (κ3) is 3.79. The van der Waals surface area contributed by atoms with E-state index in [9.17, 15) is 4.79 Å². The Hall–Kier alpha value is -2.40. The van der Waals surface area contributed by atoms with Gasteiger partial charge in [0.25, 0.3) is 0 Å². The van der Waals surface area contributed by atoms with E-state index in [0.717, 1.165) is 16.9 Å². The largest absolute Gasteiger partial charge is 0.437 e. The fraction of sp³-hybridized carbons (Fsp3) is 0.250. The first-order valence-corrected chi connectivity index (χ1v) is 6.59. The number of aromatic nitrogens is 1. The van der Waals surface area contributed by atoms with Gasteiger partial charge in [0.2, 0.25) is 11.8 Å². The molecule has 1 aromatic heterocycles. The maximum Gasteiger partial charge on any atom is 0.250 e. The average Bonchev–Trinajstić information content (AvgIpc) is 2.46. The topological polar surface area (TPSA) is 60.5 Å². The number of nitrogens with one attached hydrogen (secondary N) is 1. The maximum atomic E-state index is 11.6. The highest BCUT2D eigenvalue weighted by Crippen LogP contribution is 2.30. The number of rotatable bonds is 5. The van der Waals surface area contributed by atoms with Crippen LogP contribution in [-0.4, -0.2) is 24.6 Å². The van der Waals surface area contributed by atoms with Crippen molar-refractivity contribution in [1.29, 1.82) is 0 Å². The van der Waals surface area contributed by atoms with E-state index in [1.54, 1.807) is 18.3 Å². The van der Waals surface area contributed by atoms with Gasteiger partial charge >= 0.3 is 0 Å². The molecule has 0 atom stereocenters. The van der Waals surface area contributed by atoms with Gasteiger partial charge < -0.3 is 14.8 Å². The van der Waals surface area contributed by atoms with Gasteiger partial charge in [-0.15, -0.1) is 0 Å². The number of nitrogens with zero attached hydrogens (tertiary/aromatic N) is 1. The lowest BCUT2D eigenvalue weighted by Crippen LogP contribution is -2.17. The van der Waals surface area contributed by atoms with E-state index in [2.05, 4.69) is 10.3 Å². The van der Waals surface area contributed by atoms with E-state index in [4.69, 9.17) is 9.47 Å². The Kier molecular flexibility index (Phi) is 4.90. The van der Waals surface area contributed by atoms with Gasteiger partial charge in [-0.3, -0.25) is 4.79 Å². The van der Waals surface area contributed by atoms with Crippen molar-refractivity contribution >= 4 is 11.6 Å². The molecule has 0 saturated heterocycles. The van der Waals surface area contributed by atoms with Crippen molar-refractivity contribution in [2.75, 3.05) is 19.0 Å². The van der Waals surface area contributed by atoms with Gasteiger partial charge in [-0.1, -0.05) is 12.1 Å². The molecule has 5 heteroatoms. The van der Waals surface area contributed by atoms with Crippen LogP contribution in [0.2, 0.25) is 0 Å². The highest BCUT2D eigenvalue weighted by atomic mass is 16.5. The van der Waals surface area contributed by atoms with E-state index in [0.29, 0.717) is 11.6 Å². The molecule has 2 rings (SSSR count). The summed E-state index contributed by atoms with van der Waals surface area (Å²) < 4.78 is 10.6. The van der Waals surface area contributed by atoms with Gasteiger partial charge in [-0.05, 0) is 43.2 Å². The summed E-state index contributed by atoms with van der Waals surface area (Å²) in [6.07, 6.45) is 1.62. The SMILES string of the molecule is COCC(=O)Nc1cccnc1Oc1cccc(C)c1C. The molecule has 0 spiro atoms. The van der Waals surface area contributed by atoms with Gasteiger partial charge in [0.05, 0.1) is 0 Å². The second-order valence-electron chi connectivity index (χ2n) is 4.64. The van der Waals surface area contributed by atoms with Crippen LogP contribution in [0.4, 0.5) is 5.69 Å². The van der Waals surface area contributed by atoms with Crippen molar-refractivity contribution in [2.45, 2.75) is 13.8 Å². The third-order valence-corrected chi connectivity index (χ3v) is 3.08. The van der Waals surface area contributed by atoms with Gasteiger partial charge in [-0.2, -0.15) is 0 Å². The second-order valence-corrected chi connectivity index (χ2v) is 4.64. The molecule has 5 nitrogen and oxygen atoms in total. The summed E-state index contributed by atoms with van der Waals surface area (Å²) in [5, 5.41) is 2.71. The van der Waals surface area contributed by atoms with Crippen LogP contribution in [0.25, 0.3) is 0 Å². The number of amides is 1. The predicted octanol–water partition coefficient (Wildman–Crippen LogP) is 3.08. The molecule has 0 radical (unpaired) electrons. The second kappa shape index (κ2) is 6.85. The average molecular weight is 286 g/mol. The Balaban J connectivity index is 2.24. The molecule has 1 amide bonds. The van der Waals surface area contributed by atoms with E-state index < -0.39 is 0 Å². The number of carbonyl (C=O) groups is 1. The van der Waals surface area contributed by atoms with Gasteiger partial charge in [0, 0.05) is 13.3 Å². The molecule has 1 aromatic carbocycles. The summed E-state index contributed by atoms with van der Waals surface area (Å²) in [5.74, 6) is 0.822. The fourth-order valence-electron chi connectivity index (χ4n) is 1.82. The van der Waals surface area contributed by atoms with Crippen LogP contribution in [0.3, 0.4) is 0 Å². The van der Waals surface area contributed by atoms with E-state index in [1.165, 1.54) is 7.11 Å². The zero-order chi connectivity index (χ0) is 15.2. The summed E-state index contributed by atoms with van der Waals surface area (Å²) in [6.45, 7) is 3.98. The molecule has 0 aliphatic carbocycles. The Morgan fingerprint density at radius 1 is 1.24 bits per heavy atom. The number of methoxy groups -OCH3 is 1. The Bertz CT molecular complexity index is 641. The summed E-state index contributed by atoms with van der Waals surface area (Å²) >= 11 is 0. The molecule has 1 N–H and O–H groups in total. The number of aryl methyl sites for hydroxylation is 1. The minimum absolute atomic E-state index is 0.0161. The zero-order valence-corrected chi connectivity index (χ0v) is 12.3. The molecule has 0 fully saturated rings. The Labute approximate surface area is 123 Å². The molecule has 0 unspecified atom stereocenters. The maximum absolute atomic E-state index is 11.6. The zero-order valence-electron chi connectivity index (χ0n) is 12.3. The summed E-state index contributed by atoms with van der Waals surface area (Å²) in [4.78, 5) is 15.8. The molecule has 0 saturated carbocycles. The van der Waals surface area contributed by atoms with Crippen LogP contribution in [-0.2, 0) is 9.53 Å². The Morgan fingerprint density at radius 2 is 2.05 bits per heavy atom. The van der Waals surface area contributed by atoms with Crippen molar-refractivity contribution in [3.63, 3.8) is 0 Å². The molecule has 2 aromatic rings. The lowest BCUT2D eigenvalue weighted by atomic mass is 10.1. The third-order valence-electron chi connectivity index (χ3n) is 3.08. The first kappa shape index (κ1) is 15.0. The molecule has 21 heavy (non-hydrogen) atoms. The Morgan fingerprint density at radius 3 is 2.81 bits per heavy atom. The van der Waals surface area contributed by atoms with Crippen LogP contribution < -0.4 is 10.1 Å². The molecular formula is C16H18N2O3. The molecule has 0 aliphatic rings. The van der Waals surface area contributed by atoms with Crippen LogP contribution in [0.15, 0.2) is 36.5 Å². The van der Waals surface area contributed by atoms with Gasteiger partial charge in [0.1, 0.15) is 18.0 Å². The smallest absolute Gasteiger partial charge is 0.250 e. The lowest BCUT2D eigenvalue weighted by molar-refractivity contribution is -0.119. The highest BCUT2D eigenvalue weighted by Gasteiger charge is 2.11.